The quantitative estimate of drug-likeness (QED) is 0.472. The van der Waals surface area contributed by atoms with Crippen molar-refractivity contribution < 1.29 is 14.6 Å². The van der Waals surface area contributed by atoms with Crippen LogP contribution in [-0.2, 0) is 11.3 Å². The van der Waals surface area contributed by atoms with Crippen molar-refractivity contribution in [2.45, 2.75) is 6.54 Å². The summed E-state index contributed by atoms with van der Waals surface area (Å²) in [5.74, 6) is -0.0853. The molecule has 1 saturated heterocycles. The van der Waals surface area contributed by atoms with E-state index in [-0.39, 0.29) is 5.91 Å². The molecule has 0 radical (unpaired) electrons. The Balaban J connectivity index is 1.39. The van der Waals surface area contributed by atoms with Crippen LogP contribution in [0.5, 0.6) is 0 Å². The van der Waals surface area contributed by atoms with Gasteiger partial charge in [0.2, 0.25) is 0 Å². The van der Waals surface area contributed by atoms with E-state index in [2.05, 4.69) is 34.8 Å². The minimum absolute atomic E-state index is 0.0853. The lowest BCUT2D eigenvalue weighted by Gasteiger charge is -2.29. The van der Waals surface area contributed by atoms with Gasteiger partial charge in [-0.2, -0.15) is 5.10 Å². The summed E-state index contributed by atoms with van der Waals surface area (Å²) in [4.78, 5) is 15.0. The van der Waals surface area contributed by atoms with Gasteiger partial charge in [0.05, 0.1) is 11.2 Å². The number of hydrazone groups is 1. The van der Waals surface area contributed by atoms with E-state index in [9.17, 15) is 4.79 Å². The van der Waals surface area contributed by atoms with Gasteiger partial charge in [0.25, 0.3) is 5.91 Å². The zero-order valence-corrected chi connectivity index (χ0v) is 16.6. The molecule has 1 aliphatic heterocycles. The molecule has 1 amide bonds. The number of quaternary nitrogens is 2. The number of hydrogen-bond donors (Lipinski definition) is 3. The Morgan fingerprint density at radius 2 is 1.74 bits per heavy atom. The molecule has 3 rings (SSSR count). The van der Waals surface area contributed by atoms with Crippen LogP contribution in [-0.4, -0.2) is 44.8 Å². The van der Waals surface area contributed by atoms with Gasteiger partial charge < -0.3 is 9.80 Å². The van der Waals surface area contributed by atoms with Crippen LogP contribution in [0.25, 0.3) is 0 Å². The van der Waals surface area contributed by atoms with E-state index in [1.165, 1.54) is 16.7 Å². The lowest BCUT2D eigenvalue weighted by Crippen LogP contribution is -3.28. The van der Waals surface area contributed by atoms with Gasteiger partial charge in [-0.05, 0) is 12.1 Å². The maximum atomic E-state index is 12.1. The molecule has 2 aromatic rings. The summed E-state index contributed by atoms with van der Waals surface area (Å²) < 4.78 is 0. The minimum Gasteiger partial charge on any atom is -0.322 e. The fraction of sp³-hybridized carbons (Fsp3) is 0.300. The molecular formula is C20H24Cl2N4O+2. The summed E-state index contributed by atoms with van der Waals surface area (Å²) in [5, 5.41) is 5.07. The molecule has 0 atom stereocenters. The van der Waals surface area contributed by atoms with Crippen LogP contribution in [0.15, 0.2) is 53.6 Å². The Morgan fingerprint density at radius 1 is 1.04 bits per heavy atom. The first kappa shape index (κ1) is 19.8. The van der Waals surface area contributed by atoms with Crippen LogP contribution in [0.2, 0.25) is 10.0 Å². The van der Waals surface area contributed by atoms with Gasteiger partial charge in [0.15, 0.2) is 6.54 Å². The van der Waals surface area contributed by atoms with Crippen LogP contribution >= 0.6 is 23.2 Å². The van der Waals surface area contributed by atoms with Crippen molar-refractivity contribution in [1.29, 1.82) is 0 Å². The standard InChI is InChI=1S/C20H22Cl2N4O/c21-18-7-6-17(19(22)12-18)13-23-24-20(27)15-26-10-8-25(9-11-26)14-16-4-2-1-3-5-16/h1-7,12-13H,8-11,14-15H2,(H,24,27)/p+2/b23-13-. The molecule has 1 fully saturated rings. The Labute approximate surface area is 169 Å². The fourth-order valence-electron chi connectivity index (χ4n) is 3.24. The average molecular weight is 407 g/mol. The van der Waals surface area contributed by atoms with Gasteiger partial charge in [-0.3, -0.25) is 4.79 Å². The SMILES string of the molecule is O=C(C[NH+]1CC[NH+](Cc2ccccc2)CC1)N/N=C\c1ccc(Cl)cc1Cl. The van der Waals surface area contributed by atoms with Crippen molar-refractivity contribution >= 4 is 35.3 Å². The van der Waals surface area contributed by atoms with E-state index in [1.54, 1.807) is 23.1 Å². The number of piperazine rings is 1. The average Bonchev–Trinajstić information content (AvgIpc) is 2.66. The highest BCUT2D eigenvalue weighted by Crippen LogP contribution is 2.19. The molecule has 0 saturated carbocycles. The van der Waals surface area contributed by atoms with E-state index in [0.29, 0.717) is 22.2 Å². The van der Waals surface area contributed by atoms with Crippen molar-refractivity contribution in [1.82, 2.24) is 5.43 Å². The maximum absolute atomic E-state index is 12.1. The predicted molar refractivity (Wildman–Crippen MR) is 109 cm³/mol. The molecule has 142 valence electrons. The summed E-state index contributed by atoms with van der Waals surface area (Å²) >= 11 is 11.9. The second-order valence-corrected chi connectivity index (χ2v) is 7.64. The summed E-state index contributed by atoms with van der Waals surface area (Å²) in [7, 11) is 0. The Kier molecular flexibility index (Phi) is 7.24. The van der Waals surface area contributed by atoms with Crippen molar-refractivity contribution in [2.24, 2.45) is 5.10 Å². The van der Waals surface area contributed by atoms with Gasteiger partial charge >= 0.3 is 0 Å². The normalized spacial score (nSPS) is 19.9. The summed E-state index contributed by atoms with van der Waals surface area (Å²) in [5.41, 5.74) is 4.66. The molecule has 27 heavy (non-hydrogen) atoms. The van der Waals surface area contributed by atoms with Gasteiger partial charge in [-0.25, -0.2) is 5.43 Å². The number of carbonyl (C=O) groups excluding carboxylic acids is 1. The van der Waals surface area contributed by atoms with Crippen molar-refractivity contribution in [3.05, 3.63) is 69.7 Å². The second kappa shape index (κ2) is 9.85. The third kappa shape index (κ3) is 6.33. The molecule has 0 bridgehead atoms. The topological polar surface area (TPSA) is 50.3 Å². The zero-order valence-electron chi connectivity index (χ0n) is 15.1. The third-order valence-corrected chi connectivity index (χ3v) is 5.29. The van der Waals surface area contributed by atoms with E-state index < -0.39 is 0 Å². The third-order valence-electron chi connectivity index (χ3n) is 4.73. The van der Waals surface area contributed by atoms with Crippen LogP contribution in [0.1, 0.15) is 11.1 Å². The van der Waals surface area contributed by atoms with E-state index >= 15 is 0 Å². The highest BCUT2D eigenvalue weighted by Gasteiger charge is 2.24. The lowest BCUT2D eigenvalue weighted by atomic mass is 10.2. The van der Waals surface area contributed by atoms with Crippen LogP contribution in [0.4, 0.5) is 0 Å². The molecular weight excluding hydrogens is 383 g/mol. The van der Waals surface area contributed by atoms with Gasteiger partial charge in [-0.15, -0.1) is 0 Å². The number of rotatable bonds is 6. The molecule has 7 heteroatoms. The highest BCUT2D eigenvalue weighted by molar-refractivity contribution is 6.36. The number of nitrogens with zero attached hydrogens (tertiary/aromatic N) is 1. The van der Waals surface area contributed by atoms with Gasteiger partial charge in [0, 0.05) is 16.1 Å². The maximum Gasteiger partial charge on any atom is 0.295 e. The zero-order chi connectivity index (χ0) is 19.1. The molecule has 3 N–H and O–H groups in total. The number of halogens is 2. The summed E-state index contributed by atoms with van der Waals surface area (Å²) in [6.45, 7) is 5.60. The second-order valence-electron chi connectivity index (χ2n) is 6.80. The Bertz CT molecular complexity index is 790. The van der Waals surface area contributed by atoms with E-state index in [0.717, 1.165) is 32.7 Å². The molecule has 1 heterocycles. The first-order valence-electron chi connectivity index (χ1n) is 9.08. The fourth-order valence-corrected chi connectivity index (χ4v) is 3.70. The van der Waals surface area contributed by atoms with E-state index in [1.807, 2.05) is 6.07 Å². The number of nitrogens with one attached hydrogen (secondary N) is 3. The molecule has 1 aliphatic rings. The first-order chi connectivity index (χ1) is 13.1. The Morgan fingerprint density at radius 3 is 2.44 bits per heavy atom. The number of benzene rings is 2. The summed E-state index contributed by atoms with van der Waals surface area (Å²) in [6, 6.07) is 15.7. The van der Waals surface area contributed by atoms with Gasteiger partial charge in [-0.1, -0.05) is 59.6 Å². The van der Waals surface area contributed by atoms with Crippen molar-refractivity contribution in [2.75, 3.05) is 32.7 Å². The smallest absolute Gasteiger partial charge is 0.295 e. The molecule has 0 aliphatic carbocycles. The van der Waals surface area contributed by atoms with E-state index in [4.69, 9.17) is 23.2 Å². The largest absolute Gasteiger partial charge is 0.322 e. The monoisotopic (exact) mass is 406 g/mol. The molecule has 0 unspecified atom stereocenters. The number of amides is 1. The first-order valence-corrected chi connectivity index (χ1v) is 9.84. The lowest BCUT2D eigenvalue weighted by molar-refractivity contribution is -1.02. The highest BCUT2D eigenvalue weighted by atomic mass is 35.5. The Hall–Kier alpha value is -1.92. The van der Waals surface area contributed by atoms with Gasteiger partial charge in [0.1, 0.15) is 32.7 Å². The van der Waals surface area contributed by atoms with Crippen molar-refractivity contribution in [3.63, 3.8) is 0 Å². The molecule has 0 spiro atoms. The minimum atomic E-state index is -0.0853. The predicted octanol–water partition coefficient (Wildman–Crippen LogP) is 0.427. The van der Waals surface area contributed by atoms with Crippen molar-refractivity contribution in [3.8, 4) is 0 Å². The molecule has 2 aromatic carbocycles. The van der Waals surface area contributed by atoms with Crippen LogP contribution in [0, 0.1) is 0 Å². The molecule has 5 nitrogen and oxygen atoms in total. The number of carbonyl (C=O) groups is 1. The van der Waals surface area contributed by atoms with Crippen LogP contribution in [0.3, 0.4) is 0 Å². The number of hydrogen-bond acceptors (Lipinski definition) is 2. The summed E-state index contributed by atoms with van der Waals surface area (Å²) in [6.07, 6.45) is 1.54. The van der Waals surface area contributed by atoms with Crippen LogP contribution < -0.4 is 15.2 Å². The molecule has 0 aromatic heterocycles.